The molecule has 3 unspecified atom stereocenters. The lowest BCUT2D eigenvalue weighted by molar-refractivity contribution is -0.870. The zero-order valence-electron chi connectivity index (χ0n) is 61.7. The van der Waals surface area contributed by atoms with E-state index in [0.717, 1.165) is 116 Å². The number of quaternary nitrogens is 1. The Morgan fingerprint density at radius 2 is 0.688 bits per heavy atom. The molecule has 10 heteroatoms. The van der Waals surface area contributed by atoms with Gasteiger partial charge in [-0.3, -0.25) is 14.2 Å². The molecule has 9 nitrogen and oxygen atoms in total. The van der Waals surface area contributed by atoms with E-state index in [-0.39, 0.29) is 24.9 Å². The number of nitrogens with one attached hydrogen (secondary N) is 1. The maximum absolute atomic E-state index is 13.7. The number of likely N-dealkylation sites (N-methyl/N-ethyl adjacent to an activating group) is 1. The van der Waals surface area contributed by atoms with Gasteiger partial charge in [-0.25, -0.2) is 0 Å². The van der Waals surface area contributed by atoms with Crippen LogP contribution in [0, 0.1) is 0 Å². The molecule has 0 aliphatic heterocycles. The van der Waals surface area contributed by atoms with Crippen LogP contribution in [0.25, 0.3) is 0 Å². The van der Waals surface area contributed by atoms with Gasteiger partial charge in [-0.15, -0.1) is 0 Å². The maximum atomic E-state index is 13.7. The van der Waals surface area contributed by atoms with Crippen LogP contribution in [0.1, 0.15) is 355 Å². The van der Waals surface area contributed by atoms with E-state index >= 15 is 0 Å². The highest BCUT2D eigenvalue weighted by atomic mass is 31.2. The van der Waals surface area contributed by atoms with Crippen molar-refractivity contribution in [1.82, 2.24) is 5.32 Å². The van der Waals surface area contributed by atoms with Crippen molar-refractivity contribution in [3.63, 3.8) is 0 Å². The number of nitrogens with zero attached hydrogens (tertiary/aromatic N) is 1. The van der Waals surface area contributed by atoms with E-state index in [9.17, 15) is 19.0 Å². The van der Waals surface area contributed by atoms with Crippen LogP contribution in [0.15, 0.2) is 109 Å². The Labute approximate surface area is 576 Å². The van der Waals surface area contributed by atoms with Crippen LogP contribution >= 0.6 is 7.82 Å². The third-order valence-electron chi connectivity index (χ3n) is 17.2. The molecule has 0 spiro atoms. The van der Waals surface area contributed by atoms with Crippen molar-refractivity contribution in [2.75, 3.05) is 40.9 Å². The fourth-order valence-corrected chi connectivity index (χ4v) is 11.9. The van der Waals surface area contributed by atoms with Crippen LogP contribution in [-0.4, -0.2) is 69.4 Å². The lowest BCUT2D eigenvalue weighted by Gasteiger charge is -2.30. The molecule has 0 saturated heterocycles. The average Bonchev–Trinajstić information content (AvgIpc) is 2.31. The lowest BCUT2D eigenvalue weighted by atomic mass is 10.0. The largest absolute Gasteiger partial charge is 0.756 e. The molecule has 0 radical (unpaired) electrons. The predicted molar refractivity (Wildman–Crippen MR) is 404 cm³/mol. The topological polar surface area (TPSA) is 114 Å². The molecule has 0 aliphatic rings. The van der Waals surface area contributed by atoms with E-state index in [4.69, 9.17) is 13.8 Å². The van der Waals surface area contributed by atoms with Gasteiger partial charge in [-0.1, -0.05) is 336 Å². The summed E-state index contributed by atoms with van der Waals surface area (Å²) in [4.78, 5) is 40.4. The Balaban J connectivity index is 4.99. The minimum Gasteiger partial charge on any atom is -0.756 e. The summed E-state index contributed by atoms with van der Waals surface area (Å²) < 4.78 is 30.6. The molecule has 0 saturated carbocycles. The number of esters is 1. The maximum Gasteiger partial charge on any atom is 0.306 e. The molecule has 1 N–H and O–H groups in total. The highest BCUT2D eigenvalue weighted by Crippen LogP contribution is 2.38. The number of unbranched alkanes of at least 4 members (excludes halogenated alkanes) is 39. The number of phosphoric acid groups is 1. The lowest BCUT2D eigenvalue weighted by Crippen LogP contribution is -2.47. The van der Waals surface area contributed by atoms with Crippen LogP contribution in [0.5, 0.6) is 0 Å². The van der Waals surface area contributed by atoms with Crippen LogP contribution in [0.4, 0.5) is 0 Å². The number of amides is 1. The van der Waals surface area contributed by atoms with Crippen molar-refractivity contribution in [3.8, 4) is 0 Å². The number of rotatable bonds is 71. The average molecular weight is 1320 g/mol. The highest BCUT2D eigenvalue weighted by molar-refractivity contribution is 7.45. The molecular weight excluding hydrogens is 1170 g/mol. The Hall–Kier alpha value is -3.33. The van der Waals surface area contributed by atoms with Gasteiger partial charge in [0, 0.05) is 12.8 Å². The highest BCUT2D eigenvalue weighted by Gasteiger charge is 2.27. The van der Waals surface area contributed by atoms with E-state index in [1.54, 1.807) is 0 Å². The molecule has 3 atom stereocenters. The summed E-state index contributed by atoms with van der Waals surface area (Å²) in [5.41, 5.74) is 0. The van der Waals surface area contributed by atoms with Crippen molar-refractivity contribution in [3.05, 3.63) is 109 Å². The molecular formula is C83H149N2O7P. The van der Waals surface area contributed by atoms with Crippen molar-refractivity contribution in [2.24, 2.45) is 0 Å². The number of ether oxygens (including phenoxy) is 1. The van der Waals surface area contributed by atoms with Gasteiger partial charge >= 0.3 is 5.97 Å². The number of hydrogen-bond acceptors (Lipinski definition) is 7. The number of allylic oxidation sites excluding steroid dienone is 17. The van der Waals surface area contributed by atoms with E-state index in [1.165, 1.54) is 205 Å². The van der Waals surface area contributed by atoms with Gasteiger partial charge < -0.3 is 28.5 Å². The second-order valence-electron chi connectivity index (χ2n) is 27.5. The molecule has 0 aromatic rings. The summed E-state index contributed by atoms with van der Waals surface area (Å²) >= 11 is 0. The minimum absolute atomic E-state index is 0.0261. The zero-order valence-corrected chi connectivity index (χ0v) is 62.6. The molecule has 0 rings (SSSR count). The van der Waals surface area contributed by atoms with Crippen molar-refractivity contribution < 1.29 is 37.3 Å². The minimum atomic E-state index is -4.72. The normalized spacial score (nSPS) is 14.0. The van der Waals surface area contributed by atoms with Gasteiger partial charge in [0.2, 0.25) is 5.91 Å². The molecule has 93 heavy (non-hydrogen) atoms. The van der Waals surface area contributed by atoms with Crippen LogP contribution in [0.3, 0.4) is 0 Å². The number of carbonyl (C=O) groups is 2. The second kappa shape index (κ2) is 71.4. The van der Waals surface area contributed by atoms with Crippen LogP contribution in [0.2, 0.25) is 0 Å². The fraction of sp³-hybridized carbons (Fsp3) is 0.759. The first-order valence-electron chi connectivity index (χ1n) is 39.2. The first-order valence-corrected chi connectivity index (χ1v) is 40.7. The van der Waals surface area contributed by atoms with Gasteiger partial charge in [0.25, 0.3) is 7.82 Å². The molecule has 1 amide bonds. The Morgan fingerprint density at radius 1 is 0.387 bits per heavy atom. The molecule has 0 aromatic carbocycles. The first-order chi connectivity index (χ1) is 45.4. The first kappa shape index (κ1) is 89.7. The zero-order chi connectivity index (χ0) is 67.8. The van der Waals surface area contributed by atoms with Crippen molar-refractivity contribution >= 4 is 19.7 Å². The van der Waals surface area contributed by atoms with Gasteiger partial charge in [-0.05, 0) is 115 Å². The molecule has 0 aromatic heterocycles. The van der Waals surface area contributed by atoms with Gasteiger partial charge in [-0.2, -0.15) is 0 Å². The van der Waals surface area contributed by atoms with Crippen LogP contribution < -0.4 is 10.2 Å². The molecule has 0 bridgehead atoms. The van der Waals surface area contributed by atoms with E-state index in [0.29, 0.717) is 17.4 Å². The molecule has 538 valence electrons. The van der Waals surface area contributed by atoms with Crippen LogP contribution in [-0.2, 0) is 27.9 Å². The summed E-state index contributed by atoms with van der Waals surface area (Å²) in [6, 6.07) is -0.898. The Morgan fingerprint density at radius 3 is 1.05 bits per heavy atom. The Bertz CT molecular complexity index is 1960. The third-order valence-corrected chi connectivity index (χ3v) is 18.2. The molecule has 0 heterocycles. The van der Waals surface area contributed by atoms with E-state index in [1.807, 2.05) is 33.3 Å². The van der Waals surface area contributed by atoms with Gasteiger partial charge in [0.15, 0.2) is 0 Å². The predicted octanol–water partition coefficient (Wildman–Crippen LogP) is 24.9. The van der Waals surface area contributed by atoms with Gasteiger partial charge in [0.1, 0.15) is 19.3 Å². The Kier molecular flexibility index (Phi) is 68.9. The quantitative estimate of drug-likeness (QED) is 0.0212. The summed E-state index contributed by atoms with van der Waals surface area (Å²) in [6.45, 7) is 6.74. The number of carbonyl (C=O) groups excluding carboxylic acids is 2. The molecule has 0 fully saturated rings. The summed E-state index contributed by atoms with van der Waals surface area (Å²) in [5.74, 6) is -0.537. The summed E-state index contributed by atoms with van der Waals surface area (Å²) in [6.07, 6.45) is 99.4. The second-order valence-corrected chi connectivity index (χ2v) is 28.9. The van der Waals surface area contributed by atoms with E-state index in [2.05, 4.69) is 123 Å². The summed E-state index contributed by atoms with van der Waals surface area (Å²) in [5, 5.41) is 3.05. The number of phosphoric ester groups is 1. The third kappa shape index (κ3) is 72.8. The van der Waals surface area contributed by atoms with Crippen molar-refractivity contribution in [1.29, 1.82) is 0 Å². The van der Waals surface area contributed by atoms with E-state index < -0.39 is 26.6 Å². The molecule has 0 aliphatic carbocycles. The SMILES string of the molecule is CC/C=C\C/C=C\C/C=C\C/C=C\C/C=C\CCCCCCCCCCCCCC(=O)NC(COP(=O)([O-])OCC[N+](C)(C)C)C(/C=C/CCCCCCCCCCCCC)OC(=O)CCCCCCCCCCCCCCCC/C=C\C/C=C\C/C=C\CCCCC. The monoisotopic (exact) mass is 1320 g/mol. The standard InChI is InChI=1S/C83H149N2O7P/c1-7-10-13-16-19-22-25-28-30-32-34-36-38-40-42-44-46-48-50-52-54-57-60-63-66-69-72-75-82(86)84-80(79-91-93(88,89)90-78-77-85(4,5)6)81(74-71-68-65-62-59-56-27-24-21-18-15-12-9-3)92-83(87)76-73-70-67-64-61-58-55-53-51-49-47-45-43-41-39-37-35-33-31-29-26-23-20-17-14-11-8-2/h10,13,19-20,22-23,28-31,34-37,40,42,71,74,80-81H,7-9,11-12,14-18,21,24-27,32-33,38-39,41,43-70,72-73,75-79H2,1-6H3,(H-,84,86,88,89)/b13-10-,22-19-,23-20-,30-28-,31-29-,36-34-,37-35-,42-40-,74-71+. The summed E-state index contributed by atoms with van der Waals surface area (Å²) in [7, 11) is 1.18. The van der Waals surface area contributed by atoms with Crippen molar-refractivity contribution in [2.45, 2.75) is 367 Å². The smallest absolute Gasteiger partial charge is 0.306 e. The number of hydrogen-bond donors (Lipinski definition) is 1. The fourth-order valence-electron chi connectivity index (χ4n) is 11.2. The van der Waals surface area contributed by atoms with Gasteiger partial charge in [0.05, 0.1) is 33.8 Å².